The maximum Gasteiger partial charge on any atom is 0.238 e. The van der Waals surface area contributed by atoms with Crippen molar-refractivity contribution in [2.75, 3.05) is 11.1 Å². The number of nitrogens with one attached hydrogen (secondary N) is 1. The van der Waals surface area contributed by atoms with Gasteiger partial charge in [0.05, 0.1) is 4.90 Å². The Labute approximate surface area is 121 Å². The summed E-state index contributed by atoms with van der Waals surface area (Å²) in [5.74, 6) is 0.600. The molecule has 1 aromatic heterocycles. The van der Waals surface area contributed by atoms with Gasteiger partial charge < -0.3 is 11.1 Å². The number of halogens is 1. The van der Waals surface area contributed by atoms with Gasteiger partial charge in [-0.25, -0.2) is 23.5 Å². The molecule has 1 heterocycles. The summed E-state index contributed by atoms with van der Waals surface area (Å²) in [5, 5.41) is 8.25. The van der Waals surface area contributed by atoms with E-state index in [4.69, 9.17) is 22.5 Å². The van der Waals surface area contributed by atoms with Gasteiger partial charge in [-0.1, -0.05) is 23.7 Å². The third kappa shape index (κ3) is 3.35. The van der Waals surface area contributed by atoms with Crippen LogP contribution in [0.5, 0.6) is 0 Å². The minimum absolute atomic E-state index is 0.0607. The SMILES string of the molecule is Nc1ncnc(NCc2ccc(S(N)(=O)=O)cc2)c1Cl. The maximum atomic E-state index is 11.1. The van der Waals surface area contributed by atoms with E-state index >= 15 is 0 Å². The summed E-state index contributed by atoms with van der Waals surface area (Å²) in [6, 6.07) is 6.15. The zero-order chi connectivity index (χ0) is 14.8. The van der Waals surface area contributed by atoms with E-state index in [2.05, 4.69) is 15.3 Å². The molecule has 9 heteroatoms. The second-order valence-electron chi connectivity index (χ2n) is 3.96. The number of benzene rings is 1. The molecule has 0 amide bonds. The molecule has 0 aliphatic rings. The summed E-state index contributed by atoms with van der Waals surface area (Å²) in [5.41, 5.74) is 6.39. The van der Waals surface area contributed by atoms with E-state index in [1.165, 1.54) is 18.5 Å². The molecule has 0 fully saturated rings. The molecule has 7 nitrogen and oxygen atoms in total. The summed E-state index contributed by atoms with van der Waals surface area (Å²) < 4.78 is 22.2. The second-order valence-corrected chi connectivity index (χ2v) is 5.90. The van der Waals surface area contributed by atoms with Crippen LogP contribution in [0.25, 0.3) is 0 Å². The number of aromatic nitrogens is 2. The first-order valence-electron chi connectivity index (χ1n) is 5.49. The normalized spacial score (nSPS) is 11.3. The lowest BCUT2D eigenvalue weighted by Gasteiger charge is -2.08. The predicted molar refractivity (Wildman–Crippen MR) is 76.6 cm³/mol. The van der Waals surface area contributed by atoms with Crippen molar-refractivity contribution < 1.29 is 8.42 Å². The smallest absolute Gasteiger partial charge is 0.238 e. The Hall–Kier alpha value is -1.90. The van der Waals surface area contributed by atoms with Crippen molar-refractivity contribution >= 4 is 33.3 Å². The molecule has 20 heavy (non-hydrogen) atoms. The van der Waals surface area contributed by atoms with Crippen LogP contribution in [0.1, 0.15) is 5.56 Å². The Bertz CT molecular complexity index is 718. The van der Waals surface area contributed by atoms with E-state index in [1.807, 2.05) is 0 Å². The number of hydrogen-bond acceptors (Lipinski definition) is 6. The lowest BCUT2D eigenvalue weighted by atomic mass is 10.2. The number of nitrogen functional groups attached to an aromatic ring is 1. The highest BCUT2D eigenvalue weighted by Crippen LogP contribution is 2.23. The van der Waals surface area contributed by atoms with Gasteiger partial charge >= 0.3 is 0 Å². The number of rotatable bonds is 4. The fourth-order valence-corrected chi connectivity index (χ4v) is 2.17. The molecular weight excluding hydrogens is 302 g/mol. The van der Waals surface area contributed by atoms with Crippen LogP contribution in [-0.2, 0) is 16.6 Å². The third-order valence-electron chi connectivity index (χ3n) is 2.53. The van der Waals surface area contributed by atoms with E-state index < -0.39 is 10.0 Å². The standard InChI is InChI=1S/C11H12ClN5O2S/c12-9-10(13)16-6-17-11(9)15-5-7-1-3-8(4-2-7)20(14,18)19/h1-4,6H,5H2,(H2,14,18,19)(H3,13,15,16,17). The zero-order valence-corrected chi connectivity index (χ0v) is 11.8. The minimum atomic E-state index is -3.68. The van der Waals surface area contributed by atoms with Crippen LogP contribution in [0, 0.1) is 0 Å². The first-order valence-corrected chi connectivity index (χ1v) is 7.42. The molecule has 0 atom stereocenters. The van der Waals surface area contributed by atoms with Gasteiger partial charge in [0.2, 0.25) is 10.0 Å². The lowest BCUT2D eigenvalue weighted by molar-refractivity contribution is 0.598. The van der Waals surface area contributed by atoms with E-state index in [0.717, 1.165) is 5.56 Å². The Balaban J connectivity index is 2.10. The van der Waals surface area contributed by atoms with Crippen molar-refractivity contribution in [3.8, 4) is 0 Å². The first kappa shape index (κ1) is 14.5. The fourth-order valence-electron chi connectivity index (χ4n) is 1.49. The monoisotopic (exact) mass is 313 g/mol. The Kier molecular flexibility index (Phi) is 4.07. The fraction of sp³-hybridized carbons (Fsp3) is 0.0909. The first-order chi connectivity index (χ1) is 9.38. The minimum Gasteiger partial charge on any atom is -0.382 e. The highest BCUT2D eigenvalue weighted by atomic mass is 35.5. The van der Waals surface area contributed by atoms with Crippen molar-refractivity contribution in [3.63, 3.8) is 0 Å². The molecule has 0 unspecified atom stereocenters. The molecule has 0 spiro atoms. The van der Waals surface area contributed by atoms with Crippen molar-refractivity contribution in [2.24, 2.45) is 5.14 Å². The molecule has 0 saturated heterocycles. The van der Waals surface area contributed by atoms with Gasteiger partial charge in [-0.15, -0.1) is 0 Å². The maximum absolute atomic E-state index is 11.1. The summed E-state index contributed by atoms with van der Waals surface area (Å²) in [6.07, 6.45) is 1.30. The second kappa shape index (κ2) is 5.61. The van der Waals surface area contributed by atoms with Crippen LogP contribution in [0.15, 0.2) is 35.5 Å². The van der Waals surface area contributed by atoms with Gasteiger partial charge in [-0.05, 0) is 17.7 Å². The Morgan fingerprint density at radius 2 is 1.85 bits per heavy atom. The van der Waals surface area contributed by atoms with Crippen LogP contribution in [-0.4, -0.2) is 18.4 Å². The highest BCUT2D eigenvalue weighted by molar-refractivity contribution is 7.89. The van der Waals surface area contributed by atoms with Gasteiger partial charge in [0, 0.05) is 6.54 Å². The largest absolute Gasteiger partial charge is 0.382 e. The number of anilines is 2. The molecule has 0 aliphatic heterocycles. The van der Waals surface area contributed by atoms with Gasteiger partial charge in [-0.2, -0.15) is 0 Å². The van der Waals surface area contributed by atoms with E-state index in [0.29, 0.717) is 12.4 Å². The quantitative estimate of drug-likeness (QED) is 0.772. The molecule has 2 aromatic rings. The molecule has 106 valence electrons. The Morgan fingerprint density at radius 3 is 2.45 bits per heavy atom. The van der Waals surface area contributed by atoms with Crippen molar-refractivity contribution in [3.05, 3.63) is 41.2 Å². The van der Waals surface area contributed by atoms with E-state index in [9.17, 15) is 8.42 Å². The molecule has 0 bridgehead atoms. The van der Waals surface area contributed by atoms with Crippen molar-refractivity contribution in [2.45, 2.75) is 11.4 Å². The van der Waals surface area contributed by atoms with Gasteiger partial charge in [0.15, 0.2) is 5.82 Å². The zero-order valence-electron chi connectivity index (χ0n) is 10.2. The molecule has 5 N–H and O–H groups in total. The van der Waals surface area contributed by atoms with Crippen molar-refractivity contribution in [1.29, 1.82) is 0 Å². The number of nitrogens with two attached hydrogens (primary N) is 2. The number of primary sulfonamides is 1. The van der Waals surface area contributed by atoms with Crippen molar-refractivity contribution in [1.82, 2.24) is 9.97 Å². The molecular formula is C11H12ClN5O2S. The molecule has 0 radical (unpaired) electrons. The predicted octanol–water partition coefficient (Wildman–Crippen LogP) is 0.972. The highest BCUT2D eigenvalue weighted by Gasteiger charge is 2.08. The number of hydrogen-bond donors (Lipinski definition) is 3. The van der Waals surface area contributed by atoms with Crippen LogP contribution in [0.4, 0.5) is 11.6 Å². The molecule has 0 saturated carbocycles. The number of nitrogens with zero attached hydrogens (tertiary/aromatic N) is 2. The average Bonchev–Trinajstić information content (AvgIpc) is 2.40. The molecule has 0 aliphatic carbocycles. The lowest BCUT2D eigenvalue weighted by Crippen LogP contribution is -2.12. The third-order valence-corrected chi connectivity index (χ3v) is 3.83. The molecule has 1 aromatic carbocycles. The van der Waals surface area contributed by atoms with Gasteiger partial charge in [-0.3, -0.25) is 0 Å². The van der Waals surface area contributed by atoms with Gasteiger partial charge in [0.1, 0.15) is 17.2 Å². The topological polar surface area (TPSA) is 124 Å². The van der Waals surface area contributed by atoms with E-state index in [1.54, 1.807) is 12.1 Å². The summed E-state index contributed by atoms with van der Waals surface area (Å²) >= 11 is 5.94. The van der Waals surface area contributed by atoms with Crippen LogP contribution in [0.3, 0.4) is 0 Å². The summed E-state index contributed by atoms with van der Waals surface area (Å²) in [4.78, 5) is 7.77. The van der Waals surface area contributed by atoms with Gasteiger partial charge in [0.25, 0.3) is 0 Å². The van der Waals surface area contributed by atoms with Crippen LogP contribution < -0.4 is 16.2 Å². The molecule has 2 rings (SSSR count). The van der Waals surface area contributed by atoms with Crippen LogP contribution in [0.2, 0.25) is 5.02 Å². The Morgan fingerprint density at radius 1 is 1.20 bits per heavy atom. The average molecular weight is 314 g/mol. The number of sulfonamides is 1. The van der Waals surface area contributed by atoms with E-state index in [-0.39, 0.29) is 15.7 Å². The summed E-state index contributed by atoms with van der Waals surface area (Å²) in [6.45, 7) is 0.404. The van der Waals surface area contributed by atoms with Crippen LogP contribution >= 0.6 is 11.6 Å². The summed E-state index contributed by atoms with van der Waals surface area (Å²) in [7, 11) is -3.68.